The van der Waals surface area contributed by atoms with Gasteiger partial charge in [0.25, 0.3) is 0 Å². The van der Waals surface area contributed by atoms with Gasteiger partial charge in [0, 0.05) is 48.6 Å². The van der Waals surface area contributed by atoms with E-state index in [2.05, 4.69) is 17.9 Å². The van der Waals surface area contributed by atoms with Crippen LogP contribution >= 0.6 is 24.2 Å². The fourth-order valence-corrected chi connectivity index (χ4v) is 5.88. The highest BCUT2D eigenvalue weighted by Crippen LogP contribution is 2.56. The zero-order chi connectivity index (χ0) is 28.8. The van der Waals surface area contributed by atoms with Crippen molar-refractivity contribution in [3.8, 4) is 28.7 Å². The summed E-state index contributed by atoms with van der Waals surface area (Å²) in [5, 5.41) is 14.7. The quantitative estimate of drug-likeness (QED) is 0.391. The Kier molecular flexibility index (Phi) is 7.54. The van der Waals surface area contributed by atoms with E-state index in [1.165, 1.54) is 20.3 Å². The summed E-state index contributed by atoms with van der Waals surface area (Å²) in [4.78, 5) is 40.7. The van der Waals surface area contributed by atoms with E-state index >= 15 is 0 Å². The SMILES string of the molecule is COc1cc(OC)c2c(c1Cl)OC1(C2=O)C(O)=C(C(CC(=O)NCCS)c2ccc3c(c2)OCO3)C(=O)CC1C. The van der Waals surface area contributed by atoms with Crippen LogP contribution in [-0.4, -0.2) is 61.5 Å². The molecule has 212 valence electrons. The Labute approximate surface area is 240 Å². The lowest BCUT2D eigenvalue weighted by Gasteiger charge is -2.38. The number of Topliss-reactive ketones (excluding diaryl/α,β-unsaturated/α-hetero) is 2. The molecule has 12 heteroatoms. The minimum Gasteiger partial charge on any atom is -0.507 e. The van der Waals surface area contributed by atoms with E-state index in [-0.39, 0.29) is 58.9 Å². The van der Waals surface area contributed by atoms with E-state index in [0.717, 1.165) is 0 Å². The first-order chi connectivity index (χ1) is 19.2. The number of allylic oxidation sites excluding steroid dienone is 1. The van der Waals surface area contributed by atoms with E-state index in [1.807, 2.05) is 0 Å². The molecule has 0 saturated carbocycles. The molecule has 1 amide bonds. The molecule has 0 fully saturated rings. The number of ketones is 2. The molecule has 2 N–H and O–H groups in total. The second kappa shape index (κ2) is 10.8. The molecule has 0 aromatic heterocycles. The number of carbonyl (C=O) groups is 3. The number of methoxy groups -OCH3 is 2. The number of ether oxygens (including phenoxy) is 5. The van der Waals surface area contributed by atoms with Gasteiger partial charge in [0.2, 0.25) is 24.1 Å². The monoisotopic (exact) mass is 589 g/mol. The van der Waals surface area contributed by atoms with Crippen molar-refractivity contribution in [2.24, 2.45) is 5.92 Å². The molecule has 3 aliphatic rings. The second-order valence-corrected chi connectivity index (χ2v) is 10.5. The average Bonchev–Trinajstić information content (AvgIpc) is 3.54. The summed E-state index contributed by atoms with van der Waals surface area (Å²) in [5.41, 5.74) is -1.51. The summed E-state index contributed by atoms with van der Waals surface area (Å²) in [6.07, 6.45) is -0.322. The molecule has 0 bridgehead atoms. The molecule has 1 aliphatic carbocycles. The Morgan fingerprint density at radius 1 is 1.20 bits per heavy atom. The highest BCUT2D eigenvalue weighted by atomic mass is 35.5. The molecular formula is C28H28ClNO9S. The van der Waals surface area contributed by atoms with Gasteiger partial charge in [-0.05, 0) is 17.7 Å². The Balaban J connectivity index is 1.68. The van der Waals surface area contributed by atoms with E-state index in [4.69, 9.17) is 35.3 Å². The molecule has 2 aromatic rings. The zero-order valence-electron chi connectivity index (χ0n) is 22.0. The van der Waals surface area contributed by atoms with Gasteiger partial charge in [-0.1, -0.05) is 24.6 Å². The zero-order valence-corrected chi connectivity index (χ0v) is 23.7. The van der Waals surface area contributed by atoms with Gasteiger partial charge in [-0.3, -0.25) is 14.4 Å². The molecule has 3 unspecified atom stereocenters. The summed E-state index contributed by atoms with van der Waals surface area (Å²) in [6, 6.07) is 6.49. The number of aliphatic hydroxyl groups is 1. The topological polar surface area (TPSA) is 130 Å². The van der Waals surface area contributed by atoms with Crippen molar-refractivity contribution in [3.63, 3.8) is 0 Å². The van der Waals surface area contributed by atoms with Crippen molar-refractivity contribution in [2.45, 2.75) is 31.3 Å². The third kappa shape index (κ3) is 4.32. The van der Waals surface area contributed by atoms with Crippen molar-refractivity contribution >= 4 is 41.7 Å². The van der Waals surface area contributed by atoms with Crippen molar-refractivity contribution in [1.82, 2.24) is 5.32 Å². The second-order valence-electron chi connectivity index (χ2n) is 9.70. The Hall–Kier alpha value is -3.57. The van der Waals surface area contributed by atoms with Crippen molar-refractivity contribution in [2.75, 3.05) is 33.3 Å². The number of fused-ring (bicyclic) bond motifs is 2. The summed E-state index contributed by atoms with van der Waals surface area (Å²) < 4.78 is 27.9. The predicted molar refractivity (Wildman–Crippen MR) is 147 cm³/mol. The highest BCUT2D eigenvalue weighted by molar-refractivity contribution is 7.80. The molecule has 3 atom stereocenters. The standard InChI is InChI=1S/C28H28ClNO9S/c1-13-8-16(31)22(15(10-21(32)30-6-7-40)14-4-5-17-18(9-14)38-12-37-17)26(33)28(13)27(34)23-19(35-2)11-20(36-3)24(29)25(23)39-28/h4-5,9,11,13,15,33,40H,6-8,10,12H2,1-3H3,(H,30,32). The van der Waals surface area contributed by atoms with Crippen LogP contribution < -0.4 is 29.0 Å². The Morgan fingerprint density at radius 3 is 2.62 bits per heavy atom. The first-order valence-corrected chi connectivity index (χ1v) is 13.6. The molecule has 5 rings (SSSR count). The summed E-state index contributed by atoms with van der Waals surface area (Å²) in [5.74, 6) is -1.95. The number of rotatable bonds is 8. The number of aliphatic hydroxyl groups excluding tert-OH is 1. The van der Waals surface area contributed by atoms with Crippen LogP contribution in [0.25, 0.3) is 0 Å². The minimum atomic E-state index is -1.97. The van der Waals surface area contributed by atoms with Crippen LogP contribution in [0.15, 0.2) is 35.6 Å². The van der Waals surface area contributed by atoms with Gasteiger partial charge in [-0.15, -0.1) is 0 Å². The Bertz CT molecular complexity index is 1440. The molecular weight excluding hydrogens is 562 g/mol. The van der Waals surface area contributed by atoms with Crippen molar-refractivity contribution in [3.05, 3.63) is 51.7 Å². The van der Waals surface area contributed by atoms with Crippen LogP contribution in [0.4, 0.5) is 0 Å². The largest absolute Gasteiger partial charge is 0.507 e. The average molecular weight is 590 g/mol. The number of carbonyl (C=O) groups excluding carboxylic acids is 3. The summed E-state index contributed by atoms with van der Waals surface area (Å²) in [6.45, 7) is 1.99. The smallest absolute Gasteiger partial charge is 0.231 e. The fourth-order valence-electron chi connectivity index (χ4n) is 5.51. The molecule has 0 radical (unpaired) electrons. The number of hydrogen-bond acceptors (Lipinski definition) is 10. The third-order valence-electron chi connectivity index (χ3n) is 7.48. The number of nitrogens with one attached hydrogen (secondary N) is 1. The molecule has 40 heavy (non-hydrogen) atoms. The first-order valence-electron chi connectivity index (χ1n) is 12.6. The van der Waals surface area contributed by atoms with E-state index in [9.17, 15) is 19.5 Å². The van der Waals surface area contributed by atoms with E-state index in [0.29, 0.717) is 29.4 Å². The Morgan fingerprint density at radius 2 is 1.93 bits per heavy atom. The molecule has 2 aromatic carbocycles. The lowest BCUT2D eigenvalue weighted by molar-refractivity contribution is -0.121. The predicted octanol–water partition coefficient (Wildman–Crippen LogP) is 4.04. The summed E-state index contributed by atoms with van der Waals surface area (Å²) >= 11 is 10.7. The van der Waals surface area contributed by atoms with Crippen LogP contribution in [0, 0.1) is 5.92 Å². The molecule has 10 nitrogen and oxygen atoms in total. The fraction of sp³-hybridized carbons (Fsp3) is 0.393. The number of benzene rings is 2. The maximum atomic E-state index is 14.1. The van der Waals surface area contributed by atoms with Crippen molar-refractivity contribution < 1.29 is 43.2 Å². The molecule has 1 spiro atoms. The van der Waals surface area contributed by atoms with Crippen molar-refractivity contribution in [1.29, 1.82) is 0 Å². The van der Waals surface area contributed by atoms with E-state index in [1.54, 1.807) is 25.1 Å². The van der Waals surface area contributed by atoms with Crippen LogP contribution in [0.2, 0.25) is 5.02 Å². The van der Waals surface area contributed by atoms with Gasteiger partial charge >= 0.3 is 0 Å². The molecule has 2 heterocycles. The third-order valence-corrected chi connectivity index (χ3v) is 8.06. The minimum absolute atomic E-state index is 0.0129. The molecule has 2 aliphatic heterocycles. The number of halogens is 1. The van der Waals surface area contributed by atoms with Crippen LogP contribution in [-0.2, 0) is 9.59 Å². The lowest BCUT2D eigenvalue weighted by Crippen LogP contribution is -2.53. The number of thiol groups is 1. The lowest BCUT2D eigenvalue weighted by atomic mass is 9.69. The van der Waals surface area contributed by atoms with Gasteiger partial charge in [0.05, 0.1) is 14.2 Å². The maximum Gasteiger partial charge on any atom is 0.231 e. The van der Waals surface area contributed by atoms with Crippen LogP contribution in [0.3, 0.4) is 0 Å². The summed E-state index contributed by atoms with van der Waals surface area (Å²) in [7, 11) is 2.79. The molecule has 0 saturated heterocycles. The van der Waals surface area contributed by atoms with Crippen LogP contribution in [0.5, 0.6) is 28.7 Å². The first kappa shape index (κ1) is 28.0. The van der Waals surface area contributed by atoms with Gasteiger partial charge in [0.1, 0.15) is 22.1 Å². The van der Waals surface area contributed by atoms with Crippen LogP contribution in [0.1, 0.15) is 41.6 Å². The van der Waals surface area contributed by atoms with Gasteiger partial charge in [-0.25, -0.2) is 0 Å². The number of amides is 1. The maximum absolute atomic E-state index is 14.1. The normalized spacial score (nSPS) is 21.8. The van der Waals surface area contributed by atoms with Gasteiger partial charge in [-0.2, -0.15) is 12.6 Å². The van der Waals surface area contributed by atoms with Gasteiger partial charge in [0.15, 0.2) is 28.8 Å². The number of hydrogen-bond donors (Lipinski definition) is 3. The van der Waals surface area contributed by atoms with E-state index < -0.39 is 34.8 Å². The highest BCUT2D eigenvalue weighted by Gasteiger charge is 2.61. The van der Waals surface area contributed by atoms with Gasteiger partial charge < -0.3 is 34.1 Å².